The zero-order valence-electron chi connectivity index (χ0n) is 9.48. The monoisotopic (exact) mass is 264 g/mol. The molecule has 1 N–H and O–H groups in total. The van der Waals surface area contributed by atoms with Crippen LogP contribution >= 0.6 is 11.6 Å². The maximum absolute atomic E-state index is 5.56. The molecule has 92 valence electrons. The number of halogens is 1. The summed E-state index contributed by atoms with van der Waals surface area (Å²) in [6.45, 7) is 1.99. The van der Waals surface area contributed by atoms with E-state index in [-0.39, 0.29) is 11.9 Å². The Morgan fingerprint density at radius 3 is 2.89 bits per heavy atom. The van der Waals surface area contributed by atoms with Gasteiger partial charge in [-0.05, 0) is 24.6 Å². The molecule has 18 heavy (non-hydrogen) atoms. The topological polar surface area (TPSA) is 77.0 Å². The highest BCUT2D eigenvalue weighted by molar-refractivity contribution is 6.16. The number of alkyl halides is 1. The number of hydrogen-bond donors (Lipinski definition) is 1. The van der Waals surface area contributed by atoms with Crippen molar-refractivity contribution in [3.8, 4) is 0 Å². The summed E-state index contributed by atoms with van der Waals surface area (Å²) in [5.41, 5.74) is 2.58. The molecule has 0 atom stereocenters. The van der Waals surface area contributed by atoms with Gasteiger partial charge in [0, 0.05) is 0 Å². The predicted molar refractivity (Wildman–Crippen MR) is 65.9 cm³/mol. The third-order valence-electron chi connectivity index (χ3n) is 2.34. The van der Waals surface area contributed by atoms with Crippen molar-refractivity contribution in [2.75, 3.05) is 5.32 Å². The number of oxazole rings is 1. The Balaban J connectivity index is 1.90. The second-order valence-electron chi connectivity index (χ2n) is 3.75. The minimum absolute atomic E-state index is 0.168. The Hall–Kier alpha value is -2.08. The summed E-state index contributed by atoms with van der Waals surface area (Å²) >= 11 is 5.56. The standard InChI is InChI=1S/C11H9ClN4O2/c1-6-2-3-8-7(4-6)13-10(17-8)14-11-16-15-9(5-12)18-11/h2-4H,5H2,1H3,(H,13,14,16). The Labute approximate surface area is 107 Å². The highest BCUT2D eigenvalue weighted by atomic mass is 35.5. The summed E-state index contributed by atoms with van der Waals surface area (Å²) in [5.74, 6) is 0.507. The molecule has 2 aromatic heterocycles. The Kier molecular flexibility index (Phi) is 2.64. The van der Waals surface area contributed by atoms with Crippen molar-refractivity contribution in [1.29, 1.82) is 0 Å². The van der Waals surface area contributed by atoms with E-state index < -0.39 is 0 Å². The van der Waals surface area contributed by atoms with Gasteiger partial charge in [0.1, 0.15) is 11.4 Å². The number of benzene rings is 1. The van der Waals surface area contributed by atoms with Crippen LogP contribution in [-0.4, -0.2) is 15.2 Å². The number of nitrogens with zero attached hydrogens (tertiary/aromatic N) is 3. The summed E-state index contributed by atoms with van der Waals surface area (Å²) in [7, 11) is 0. The lowest BCUT2D eigenvalue weighted by Crippen LogP contribution is -1.89. The summed E-state index contributed by atoms with van der Waals surface area (Å²) < 4.78 is 10.7. The van der Waals surface area contributed by atoms with Gasteiger partial charge in [-0.25, -0.2) is 0 Å². The summed E-state index contributed by atoms with van der Waals surface area (Å²) in [6.07, 6.45) is 0. The zero-order valence-corrected chi connectivity index (χ0v) is 10.2. The molecule has 0 spiro atoms. The van der Waals surface area contributed by atoms with Crippen molar-refractivity contribution in [1.82, 2.24) is 15.2 Å². The van der Waals surface area contributed by atoms with Gasteiger partial charge < -0.3 is 8.83 Å². The molecular formula is C11H9ClN4O2. The highest BCUT2D eigenvalue weighted by Gasteiger charge is 2.10. The maximum atomic E-state index is 5.56. The highest BCUT2D eigenvalue weighted by Crippen LogP contribution is 2.22. The number of fused-ring (bicyclic) bond motifs is 1. The molecule has 2 heterocycles. The number of aromatic nitrogens is 3. The van der Waals surface area contributed by atoms with Gasteiger partial charge >= 0.3 is 12.0 Å². The van der Waals surface area contributed by atoms with Gasteiger partial charge in [0.25, 0.3) is 0 Å². The van der Waals surface area contributed by atoms with E-state index in [2.05, 4.69) is 20.5 Å². The first-order chi connectivity index (χ1) is 8.74. The van der Waals surface area contributed by atoms with Crippen LogP contribution in [0.4, 0.5) is 12.0 Å². The van der Waals surface area contributed by atoms with Crippen LogP contribution in [0.25, 0.3) is 11.1 Å². The third kappa shape index (κ3) is 2.02. The molecule has 1 aromatic carbocycles. The molecule has 0 unspecified atom stereocenters. The zero-order chi connectivity index (χ0) is 12.5. The van der Waals surface area contributed by atoms with Crippen LogP contribution in [0.2, 0.25) is 0 Å². The van der Waals surface area contributed by atoms with Crippen LogP contribution in [0.5, 0.6) is 0 Å². The van der Waals surface area contributed by atoms with Crippen LogP contribution in [0.15, 0.2) is 27.0 Å². The number of hydrogen-bond acceptors (Lipinski definition) is 6. The molecule has 0 saturated carbocycles. The van der Waals surface area contributed by atoms with E-state index in [1.807, 2.05) is 25.1 Å². The van der Waals surface area contributed by atoms with Crippen molar-refractivity contribution in [2.45, 2.75) is 12.8 Å². The van der Waals surface area contributed by atoms with Crippen molar-refractivity contribution in [3.05, 3.63) is 29.7 Å². The fourth-order valence-corrected chi connectivity index (χ4v) is 1.65. The number of aryl methyl sites for hydroxylation is 1. The van der Waals surface area contributed by atoms with Crippen molar-refractivity contribution in [2.24, 2.45) is 0 Å². The minimum Gasteiger partial charge on any atom is -0.423 e. The first-order valence-electron chi connectivity index (χ1n) is 5.27. The van der Waals surface area contributed by atoms with Crippen molar-refractivity contribution >= 4 is 34.7 Å². The largest absolute Gasteiger partial charge is 0.423 e. The summed E-state index contributed by atoms with van der Waals surface area (Å²) in [6, 6.07) is 6.26. The fourth-order valence-electron chi connectivity index (χ4n) is 1.54. The smallest absolute Gasteiger partial charge is 0.323 e. The van der Waals surface area contributed by atoms with Crippen LogP contribution in [0, 0.1) is 6.92 Å². The Morgan fingerprint density at radius 1 is 1.22 bits per heavy atom. The molecule has 0 aliphatic rings. The average molecular weight is 265 g/mol. The third-order valence-corrected chi connectivity index (χ3v) is 2.57. The molecule has 3 aromatic rings. The van der Waals surface area contributed by atoms with E-state index in [4.69, 9.17) is 20.4 Å². The molecule has 0 aliphatic heterocycles. The van der Waals surface area contributed by atoms with Gasteiger partial charge in [-0.3, -0.25) is 5.32 Å². The van der Waals surface area contributed by atoms with Crippen LogP contribution < -0.4 is 5.32 Å². The van der Waals surface area contributed by atoms with E-state index in [0.717, 1.165) is 11.1 Å². The molecule has 3 rings (SSSR count). The lowest BCUT2D eigenvalue weighted by atomic mass is 10.2. The van der Waals surface area contributed by atoms with Gasteiger partial charge in [-0.15, -0.1) is 16.7 Å². The molecule has 6 nitrogen and oxygen atoms in total. The number of anilines is 2. The molecule has 0 bridgehead atoms. The van der Waals surface area contributed by atoms with E-state index in [9.17, 15) is 0 Å². The Bertz CT molecular complexity index is 691. The molecule has 0 radical (unpaired) electrons. The molecule has 7 heteroatoms. The lowest BCUT2D eigenvalue weighted by molar-refractivity contribution is 0.523. The van der Waals surface area contributed by atoms with E-state index in [1.165, 1.54) is 0 Å². The van der Waals surface area contributed by atoms with Crippen LogP contribution in [0.1, 0.15) is 11.5 Å². The fraction of sp³-hybridized carbons (Fsp3) is 0.182. The molecule has 0 fully saturated rings. The molecule has 0 amide bonds. The SMILES string of the molecule is Cc1ccc2oc(Nc3nnc(CCl)o3)nc2c1. The maximum Gasteiger partial charge on any atom is 0.323 e. The average Bonchev–Trinajstić information content (AvgIpc) is 2.95. The van der Waals surface area contributed by atoms with Crippen LogP contribution in [-0.2, 0) is 5.88 Å². The van der Waals surface area contributed by atoms with Gasteiger partial charge in [-0.1, -0.05) is 11.2 Å². The van der Waals surface area contributed by atoms with Crippen molar-refractivity contribution < 1.29 is 8.83 Å². The van der Waals surface area contributed by atoms with Crippen LogP contribution in [0.3, 0.4) is 0 Å². The first-order valence-corrected chi connectivity index (χ1v) is 5.80. The van der Waals surface area contributed by atoms with Gasteiger partial charge in [0.05, 0.1) is 0 Å². The van der Waals surface area contributed by atoms with Gasteiger partial charge in [-0.2, -0.15) is 4.98 Å². The van der Waals surface area contributed by atoms with Crippen molar-refractivity contribution in [3.63, 3.8) is 0 Å². The lowest BCUT2D eigenvalue weighted by Gasteiger charge is -1.91. The first kappa shape index (κ1) is 11.0. The summed E-state index contributed by atoms with van der Waals surface area (Å²) in [5, 5.41) is 10.3. The summed E-state index contributed by atoms with van der Waals surface area (Å²) in [4.78, 5) is 4.27. The number of nitrogens with one attached hydrogen (secondary N) is 1. The predicted octanol–water partition coefficient (Wildman–Crippen LogP) is 3.00. The molecule has 0 saturated heterocycles. The Morgan fingerprint density at radius 2 is 2.11 bits per heavy atom. The van der Waals surface area contributed by atoms with E-state index in [0.29, 0.717) is 17.5 Å². The number of rotatable bonds is 3. The van der Waals surface area contributed by atoms with E-state index >= 15 is 0 Å². The second-order valence-corrected chi connectivity index (χ2v) is 4.02. The quantitative estimate of drug-likeness (QED) is 0.733. The van der Waals surface area contributed by atoms with E-state index in [1.54, 1.807) is 0 Å². The molecule has 0 aliphatic carbocycles. The second kappa shape index (κ2) is 4.30. The van der Waals surface area contributed by atoms with Gasteiger partial charge in [0.2, 0.25) is 5.89 Å². The molecular weight excluding hydrogens is 256 g/mol. The minimum atomic E-state index is 0.168. The van der Waals surface area contributed by atoms with Gasteiger partial charge in [0.15, 0.2) is 5.58 Å². The normalized spacial score (nSPS) is 11.0.